The Hall–Kier alpha value is -2.04. The van der Waals surface area contributed by atoms with E-state index in [4.69, 9.17) is 0 Å². The standard InChI is InChI=1S/C14H21N5/c1-10-12(11(2)19(5)17-10)8-16-13-9-15-7-6-14(13)18(3)4/h6-7,9,16H,8H2,1-5H3. The van der Waals surface area contributed by atoms with E-state index in [9.17, 15) is 0 Å². The number of nitrogens with one attached hydrogen (secondary N) is 1. The average molecular weight is 259 g/mol. The van der Waals surface area contributed by atoms with Gasteiger partial charge in [0.25, 0.3) is 0 Å². The number of aryl methyl sites for hydroxylation is 2. The highest BCUT2D eigenvalue weighted by Gasteiger charge is 2.10. The van der Waals surface area contributed by atoms with E-state index in [1.54, 1.807) is 6.20 Å². The summed E-state index contributed by atoms with van der Waals surface area (Å²) in [4.78, 5) is 6.26. The van der Waals surface area contributed by atoms with Crippen LogP contribution in [0.5, 0.6) is 0 Å². The molecule has 0 spiro atoms. The van der Waals surface area contributed by atoms with E-state index in [2.05, 4.69) is 27.2 Å². The van der Waals surface area contributed by atoms with Crippen LogP contribution in [0.4, 0.5) is 11.4 Å². The molecule has 1 N–H and O–H groups in total. The molecule has 0 amide bonds. The van der Waals surface area contributed by atoms with Crippen molar-refractivity contribution in [2.24, 2.45) is 7.05 Å². The molecule has 0 aromatic carbocycles. The smallest absolute Gasteiger partial charge is 0.0766 e. The third-order valence-corrected chi connectivity index (χ3v) is 3.39. The lowest BCUT2D eigenvalue weighted by molar-refractivity contribution is 0.730. The van der Waals surface area contributed by atoms with Crippen molar-refractivity contribution in [2.45, 2.75) is 20.4 Å². The topological polar surface area (TPSA) is 46.0 Å². The van der Waals surface area contributed by atoms with Crippen LogP contribution in [0.25, 0.3) is 0 Å². The Bertz CT molecular complexity index is 571. The van der Waals surface area contributed by atoms with Crippen LogP contribution in [-0.2, 0) is 13.6 Å². The van der Waals surface area contributed by atoms with Crippen molar-refractivity contribution in [2.75, 3.05) is 24.3 Å². The second-order valence-corrected chi connectivity index (χ2v) is 4.91. The van der Waals surface area contributed by atoms with Crippen LogP contribution in [0.1, 0.15) is 17.0 Å². The molecule has 0 saturated heterocycles. The summed E-state index contributed by atoms with van der Waals surface area (Å²) in [5.74, 6) is 0. The molecule has 102 valence electrons. The quantitative estimate of drug-likeness (QED) is 0.913. The van der Waals surface area contributed by atoms with Gasteiger partial charge in [-0.15, -0.1) is 0 Å². The van der Waals surface area contributed by atoms with Crippen molar-refractivity contribution < 1.29 is 0 Å². The third kappa shape index (κ3) is 2.70. The first kappa shape index (κ1) is 13.4. The number of nitrogens with zero attached hydrogens (tertiary/aromatic N) is 4. The summed E-state index contributed by atoms with van der Waals surface area (Å²) >= 11 is 0. The molecule has 0 unspecified atom stereocenters. The van der Waals surface area contributed by atoms with Crippen molar-refractivity contribution in [1.29, 1.82) is 0 Å². The Morgan fingerprint density at radius 2 is 2.05 bits per heavy atom. The van der Waals surface area contributed by atoms with E-state index >= 15 is 0 Å². The molecule has 0 radical (unpaired) electrons. The van der Waals surface area contributed by atoms with E-state index in [0.717, 1.165) is 23.6 Å². The van der Waals surface area contributed by atoms with Gasteiger partial charge in [0.2, 0.25) is 0 Å². The fourth-order valence-corrected chi connectivity index (χ4v) is 2.17. The number of aromatic nitrogens is 3. The summed E-state index contributed by atoms with van der Waals surface area (Å²) in [6.45, 7) is 4.89. The lowest BCUT2D eigenvalue weighted by Gasteiger charge is -2.17. The summed E-state index contributed by atoms with van der Waals surface area (Å²) in [6.07, 6.45) is 3.66. The van der Waals surface area contributed by atoms with E-state index in [0.29, 0.717) is 0 Å². The van der Waals surface area contributed by atoms with Crippen LogP contribution in [0, 0.1) is 13.8 Å². The average Bonchev–Trinajstić information content (AvgIpc) is 2.61. The molecule has 2 aromatic rings. The first-order valence-corrected chi connectivity index (χ1v) is 6.35. The van der Waals surface area contributed by atoms with Crippen molar-refractivity contribution in [3.8, 4) is 0 Å². The van der Waals surface area contributed by atoms with Gasteiger partial charge in [-0.25, -0.2) is 0 Å². The lowest BCUT2D eigenvalue weighted by atomic mass is 10.2. The third-order valence-electron chi connectivity index (χ3n) is 3.39. The fraction of sp³-hybridized carbons (Fsp3) is 0.429. The first-order chi connectivity index (χ1) is 9.00. The van der Waals surface area contributed by atoms with Crippen LogP contribution < -0.4 is 10.2 Å². The maximum absolute atomic E-state index is 4.43. The van der Waals surface area contributed by atoms with Crippen LogP contribution in [0.3, 0.4) is 0 Å². The number of hydrogen-bond donors (Lipinski definition) is 1. The number of pyridine rings is 1. The van der Waals surface area contributed by atoms with Gasteiger partial charge >= 0.3 is 0 Å². The minimum absolute atomic E-state index is 0.762. The first-order valence-electron chi connectivity index (χ1n) is 6.35. The molecule has 0 aliphatic heterocycles. The fourth-order valence-electron chi connectivity index (χ4n) is 2.17. The number of rotatable bonds is 4. The molecule has 2 rings (SSSR count). The van der Waals surface area contributed by atoms with Crippen LogP contribution in [-0.4, -0.2) is 28.9 Å². The van der Waals surface area contributed by atoms with Gasteiger partial charge in [0.1, 0.15) is 0 Å². The minimum atomic E-state index is 0.762. The van der Waals surface area contributed by atoms with Gasteiger partial charge in [-0.3, -0.25) is 9.67 Å². The molecular weight excluding hydrogens is 238 g/mol. The van der Waals surface area contributed by atoms with Crippen molar-refractivity contribution >= 4 is 11.4 Å². The highest BCUT2D eigenvalue weighted by molar-refractivity contribution is 5.68. The van der Waals surface area contributed by atoms with Gasteiger partial charge in [-0.2, -0.15) is 5.10 Å². The molecule has 5 heteroatoms. The van der Waals surface area contributed by atoms with Crippen LogP contribution in [0.15, 0.2) is 18.5 Å². The monoisotopic (exact) mass is 259 g/mol. The van der Waals surface area contributed by atoms with E-state index in [1.165, 1.54) is 11.3 Å². The highest BCUT2D eigenvalue weighted by atomic mass is 15.3. The number of anilines is 2. The summed E-state index contributed by atoms with van der Waals surface area (Å²) in [6, 6.07) is 2.01. The second kappa shape index (κ2) is 5.30. The summed E-state index contributed by atoms with van der Waals surface area (Å²) in [7, 11) is 6.03. The second-order valence-electron chi connectivity index (χ2n) is 4.91. The molecule has 2 heterocycles. The Labute approximate surface area is 114 Å². The van der Waals surface area contributed by atoms with Gasteiger partial charge in [-0.05, 0) is 19.9 Å². The zero-order chi connectivity index (χ0) is 14.0. The number of hydrogen-bond acceptors (Lipinski definition) is 4. The Morgan fingerprint density at radius 1 is 1.32 bits per heavy atom. The van der Waals surface area contributed by atoms with E-state index in [-0.39, 0.29) is 0 Å². The van der Waals surface area contributed by atoms with E-state index < -0.39 is 0 Å². The Balaban J connectivity index is 2.19. The molecule has 0 bridgehead atoms. The zero-order valence-corrected chi connectivity index (χ0v) is 12.2. The molecular formula is C14H21N5. The predicted octanol–water partition coefficient (Wildman–Crippen LogP) is 2.11. The molecule has 2 aromatic heterocycles. The summed E-state index contributed by atoms with van der Waals surface area (Å²) in [5.41, 5.74) is 5.68. The van der Waals surface area contributed by atoms with Gasteiger partial charge in [-0.1, -0.05) is 0 Å². The SMILES string of the molecule is Cc1nn(C)c(C)c1CNc1cnccc1N(C)C. The Kier molecular flexibility index (Phi) is 3.74. The highest BCUT2D eigenvalue weighted by Crippen LogP contribution is 2.23. The van der Waals surface area contributed by atoms with Gasteiger partial charge in [0, 0.05) is 45.1 Å². The van der Waals surface area contributed by atoms with Gasteiger partial charge < -0.3 is 10.2 Å². The molecule has 0 atom stereocenters. The molecule has 0 aliphatic rings. The molecule has 0 aliphatic carbocycles. The van der Waals surface area contributed by atoms with Crippen molar-refractivity contribution in [3.05, 3.63) is 35.4 Å². The van der Waals surface area contributed by atoms with Crippen LogP contribution in [0.2, 0.25) is 0 Å². The minimum Gasteiger partial charge on any atom is -0.378 e. The maximum Gasteiger partial charge on any atom is 0.0766 e. The summed E-state index contributed by atoms with van der Waals surface area (Å²) in [5, 5.41) is 7.88. The zero-order valence-electron chi connectivity index (χ0n) is 12.2. The van der Waals surface area contributed by atoms with Crippen molar-refractivity contribution in [3.63, 3.8) is 0 Å². The lowest BCUT2D eigenvalue weighted by Crippen LogP contribution is -2.12. The maximum atomic E-state index is 4.43. The van der Waals surface area contributed by atoms with Gasteiger partial charge in [0.05, 0.1) is 23.3 Å². The Morgan fingerprint density at radius 3 is 2.63 bits per heavy atom. The normalized spacial score (nSPS) is 10.6. The molecule has 19 heavy (non-hydrogen) atoms. The molecule has 0 fully saturated rings. The van der Waals surface area contributed by atoms with E-state index in [1.807, 2.05) is 45.0 Å². The van der Waals surface area contributed by atoms with Crippen LogP contribution >= 0.6 is 0 Å². The summed E-state index contributed by atoms with van der Waals surface area (Å²) < 4.78 is 1.92. The molecule has 0 saturated carbocycles. The molecule has 5 nitrogen and oxygen atoms in total. The van der Waals surface area contributed by atoms with Crippen molar-refractivity contribution in [1.82, 2.24) is 14.8 Å². The van der Waals surface area contributed by atoms with Gasteiger partial charge in [0.15, 0.2) is 0 Å². The predicted molar refractivity (Wildman–Crippen MR) is 78.6 cm³/mol. The largest absolute Gasteiger partial charge is 0.378 e.